The van der Waals surface area contributed by atoms with E-state index in [1.807, 2.05) is 0 Å². The first-order valence-electron chi connectivity index (χ1n) is 5.09. The van der Waals surface area contributed by atoms with Gasteiger partial charge in [-0.05, 0) is 19.9 Å². The first-order chi connectivity index (χ1) is 8.27. The van der Waals surface area contributed by atoms with Crippen LogP contribution in [0.15, 0.2) is 18.2 Å². The highest BCUT2D eigenvalue weighted by Gasteiger charge is 2.27. The van der Waals surface area contributed by atoms with Gasteiger partial charge in [-0.15, -0.1) is 11.6 Å². The predicted molar refractivity (Wildman–Crippen MR) is 66.2 cm³/mol. The van der Waals surface area contributed by atoms with Gasteiger partial charge in [-0.1, -0.05) is 0 Å². The van der Waals surface area contributed by atoms with Crippen molar-refractivity contribution in [2.24, 2.45) is 5.41 Å². The number of rotatable bonds is 4. The summed E-state index contributed by atoms with van der Waals surface area (Å²) in [6.07, 6.45) is 0. The lowest BCUT2D eigenvalue weighted by molar-refractivity contribution is -0.385. The number of halogens is 2. The van der Waals surface area contributed by atoms with Crippen molar-refractivity contribution in [1.29, 1.82) is 0 Å². The monoisotopic (exact) mass is 274 g/mol. The van der Waals surface area contributed by atoms with E-state index in [1.54, 1.807) is 13.8 Å². The standard InChI is InChI=1S/C11H12ClFN2O3/c1-11(2,6-12)10(16)14-9-4-3-7(15(17)18)5-8(9)13/h3-5H,6H2,1-2H3,(H,14,16). The van der Waals surface area contributed by atoms with Crippen molar-refractivity contribution in [3.8, 4) is 0 Å². The molecule has 0 saturated carbocycles. The minimum absolute atomic E-state index is 0.0768. The molecule has 98 valence electrons. The molecular formula is C11H12ClFN2O3. The van der Waals surface area contributed by atoms with Crippen molar-refractivity contribution in [3.63, 3.8) is 0 Å². The molecule has 1 aromatic rings. The predicted octanol–water partition coefficient (Wildman–Crippen LogP) is 2.94. The maximum Gasteiger partial charge on any atom is 0.272 e. The molecule has 7 heteroatoms. The van der Waals surface area contributed by atoms with Crippen LogP contribution in [0, 0.1) is 21.3 Å². The second kappa shape index (κ2) is 5.30. The number of hydrogen-bond acceptors (Lipinski definition) is 3. The van der Waals surface area contributed by atoms with Gasteiger partial charge in [-0.3, -0.25) is 14.9 Å². The number of non-ortho nitro benzene ring substituents is 1. The summed E-state index contributed by atoms with van der Waals surface area (Å²) in [7, 11) is 0. The fourth-order valence-corrected chi connectivity index (χ4v) is 1.19. The lowest BCUT2D eigenvalue weighted by atomic mass is 9.95. The third-order valence-electron chi connectivity index (χ3n) is 2.36. The molecule has 0 atom stereocenters. The Morgan fingerprint density at radius 1 is 1.56 bits per heavy atom. The minimum atomic E-state index is -0.858. The Balaban J connectivity index is 2.93. The summed E-state index contributed by atoms with van der Waals surface area (Å²) in [5, 5.41) is 12.8. The highest BCUT2D eigenvalue weighted by atomic mass is 35.5. The summed E-state index contributed by atoms with van der Waals surface area (Å²) in [5.74, 6) is -1.24. The number of alkyl halides is 1. The average molecular weight is 275 g/mol. The van der Waals surface area contributed by atoms with E-state index in [2.05, 4.69) is 5.32 Å². The van der Waals surface area contributed by atoms with Crippen LogP contribution in [0.1, 0.15) is 13.8 Å². The molecule has 1 aromatic carbocycles. The Kier molecular flexibility index (Phi) is 4.24. The van der Waals surface area contributed by atoms with E-state index in [-0.39, 0.29) is 17.3 Å². The smallest absolute Gasteiger partial charge is 0.272 e. The highest BCUT2D eigenvalue weighted by Crippen LogP contribution is 2.24. The van der Waals surface area contributed by atoms with E-state index in [4.69, 9.17) is 11.6 Å². The number of nitrogens with zero attached hydrogens (tertiary/aromatic N) is 1. The fourth-order valence-electron chi connectivity index (χ4n) is 1.07. The van der Waals surface area contributed by atoms with Gasteiger partial charge in [0.2, 0.25) is 5.91 Å². The highest BCUT2D eigenvalue weighted by molar-refractivity contribution is 6.20. The lowest BCUT2D eigenvalue weighted by Crippen LogP contribution is -2.32. The minimum Gasteiger partial charge on any atom is -0.323 e. The molecule has 0 aliphatic carbocycles. The van der Waals surface area contributed by atoms with Crippen molar-refractivity contribution >= 4 is 28.9 Å². The van der Waals surface area contributed by atoms with Gasteiger partial charge in [0, 0.05) is 11.9 Å². The molecule has 0 aromatic heterocycles. The van der Waals surface area contributed by atoms with Crippen LogP contribution in [0.3, 0.4) is 0 Å². The maximum absolute atomic E-state index is 13.5. The molecule has 1 amide bonds. The molecule has 0 aliphatic rings. The lowest BCUT2D eigenvalue weighted by Gasteiger charge is -2.20. The molecule has 0 fully saturated rings. The molecule has 0 unspecified atom stereocenters. The molecule has 0 aliphatic heterocycles. The number of nitro groups is 1. The molecule has 0 saturated heterocycles. The molecule has 0 spiro atoms. The van der Waals surface area contributed by atoms with Crippen LogP contribution in [-0.2, 0) is 4.79 Å². The normalized spacial score (nSPS) is 11.1. The van der Waals surface area contributed by atoms with Crippen LogP contribution in [0.25, 0.3) is 0 Å². The van der Waals surface area contributed by atoms with E-state index in [1.165, 1.54) is 0 Å². The molecule has 0 heterocycles. The molecule has 0 radical (unpaired) electrons. The number of nitrogens with one attached hydrogen (secondary N) is 1. The second-order valence-electron chi connectivity index (χ2n) is 4.39. The van der Waals surface area contributed by atoms with Crippen LogP contribution in [0.4, 0.5) is 15.8 Å². The van der Waals surface area contributed by atoms with Crippen LogP contribution in [0.2, 0.25) is 0 Å². The topological polar surface area (TPSA) is 72.2 Å². The summed E-state index contributed by atoms with van der Waals surface area (Å²) in [6, 6.07) is 3.02. The fraction of sp³-hybridized carbons (Fsp3) is 0.364. The largest absolute Gasteiger partial charge is 0.323 e. The van der Waals surface area contributed by atoms with Crippen molar-refractivity contribution in [1.82, 2.24) is 0 Å². The molecule has 1 rings (SSSR count). The summed E-state index contributed by atoms with van der Waals surface area (Å²) >= 11 is 5.62. The van der Waals surface area contributed by atoms with E-state index < -0.39 is 22.1 Å². The van der Waals surface area contributed by atoms with Gasteiger partial charge in [-0.2, -0.15) is 0 Å². The molecule has 1 N–H and O–H groups in total. The van der Waals surface area contributed by atoms with Gasteiger partial charge in [0.25, 0.3) is 5.69 Å². The number of benzene rings is 1. The zero-order chi connectivity index (χ0) is 13.9. The van der Waals surface area contributed by atoms with Gasteiger partial charge >= 0.3 is 0 Å². The molecule has 0 bridgehead atoms. The number of carbonyl (C=O) groups is 1. The van der Waals surface area contributed by atoms with E-state index in [9.17, 15) is 19.3 Å². The molecule has 5 nitrogen and oxygen atoms in total. The summed E-state index contributed by atoms with van der Waals surface area (Å²) in [6.45, 7) is 3.22. The quantitative estimate of drug-likeness (QED) is 0.521. The van der Waals surface area contributed by atoms with Crippen molar-refractivity contribution < 1.29 is 14.1 Å². The first kappa shape index (κ1) is 14.4. The van der Waals surface area contributed by atoms with Gasteiger partial charge in [0.05, 0.1) is 22.1 Å². The Morgan fingerprint density at radius 2 is 2.17 bits per heavy atom. The zero-order valence-electron chi connectivity index (χ0n) is 9.87. The maximum atomic E-state index is 13.5. The third kappa shape index (κ3) is 3.16. The van der Waals surface area contributed by atoms with Crippen molar-refractivity contribution in [2.45, 2.75) is 13.8 Å². The van der Waals surface area contributed by atoms with E-state index in [0.717, 1.165) is 18.2 Å². The van der Waals surface area contributed by atoms with Gasteiger partial charge in [0.1, 0.15) is 0 Å². The van der Waals surface area contributed by atoms with Crippen LogP contribution >= 0.6 is 11.6 Å². The number of hydrogen-bond donors (Lipinski definition) is 1. The summed E-state index contributed by atoms with van der Waals surface area (Å²) in [5.41, 5.74) is -1.33. The second-order valence-corrected chi connectivity index (χ2v) is 4.66. The molecule has 18 heavy (non-hydrogen) atoms. The number of nitro benzene ring substituents is 1. The number of amides is 1. The summed E-state index contributed by atoms with van der Waals surface area (Å²) in [4.78, 5) is 21.5. The number of anilines is 1. The summed E-state index contributed by atoms with van der Waals surface area (Å²) < 4.78 is 13.5. The van der Waals surface area contributed by atoms with E-state index in [0.29, 0.717) is 0 Å². The van der Waals surface area contributed by atoms with Crippen LogP contribution in [-0.4, -0.2) is 16.7 Å². The zero-order valence-corrected chi connectivity index (χ0v) is 10.6. The van der Waals surface area contributed by atoms with Crippen LogP contribution in [0.5, 0.6) is 0 Å². The Labute approximate surface area is 108 Å². The van der Waals surface area contributed by atoms with Crippen molar-refractivity contribution in [2.75, 3.05) is 11.2 Å². The molecular weight excluding hydrogens is 263 g/mol. The Hall–Kier alpha value is -1.69. The third-order valence-corrected chi connectivity index (χ3v) is 3.03. The van der Waals surface area contributed by atoms with Crippen molar-refractivity contribution in [3.05, 3.63) is 34.1 Å². The van der Waals surface area contributed by atoms with Gasteiger partial charge in [0.15, 0.2) is 5.82 Å². The first-order valence-corrected chi connectivity index (χ1v) is 5.63. The van der Waals surface area contributed by atoms with Gasteiger partial charge in [-0.25, -0.2) is 4.39 Å². The number of carbonyl (C=O) groups excluding carboxylic acids is 1. The van der Waals surface area contributed by atoms with Crippen LogP contribution < -0.4 is 5.32 Å². The van der Waals surface area contributed by atoms with E-state index >= 15 is 0 Å². The Bertz CT molecular complexity index is 491. The Morgan fingerprint density at radius 3 is 2.61 bits per heavy atom. The SMILES string of the molecule is CC(C)(CCl)C(=O)Nc1ccc([N+](=O)[O-])cc1F. The van der Waals surface area contributed by atoms with Gasteiger partial charge < -0.3 is 5.32 Å². The average Bonchev–Trinajstić information content (AvgIpc) is 2.31.